The number of ether oxygens (including phenoxy) is 1. The molecule has 0 aliphatic carbocycles. The number of thioether (sulfide) groups is 1. The molecule has 2 saturated heterocycles. The summed E-state index contributed by atoms with van der Waals surface area (Å²) in [6, 6.07) is 3.20. The minimum Gasteiger partial charge on any atom is -0.454 e. The van der Waals surface area contributed by atoms with Crippen molar-refractivity contribution in [2.75, 3.05) is 31.8 Å². The molecule has 2 aliphatic heterocycles. The van der Waals surface area contributed by atoms with Crippen LogP contribution in [0.25, 0.3) is 0 Å². The van der Waals surface area contributed by atoms with Gasteiger partial charge in [-0.3, -0.25) is 9.59 Å². The summed E-state index contributed by atoms with van der Waals surface area (Å²) in [6.45, 7) is 1.33. The SMILES string of the molecule is CN(C)S(=O)(=O)c1ccc(Cl)c(NC(=O)COC(=O)[C@H]2CS[C@]3(C)CCC(=O)N23)c1. The summed E-state index contributed by atoms with van der Waals surface area (Å²) in [4.78, 5) is 37.9. The molecule has 1 N–H and O–H groups in total. The third-order valence-corrected chi connectivity index (χ3v) is 8.70. The van der Waals surface area contributed by atoms with E-state index in [2.05, 4.69) is 5.32 Å². The van der Waals surface area contributed by atoms with Crippen LogP contribution in [-0.2, 0) is 29.1 Å². The van der Waals surface area contributed by atoms with E-state index in [0.29, 0.717) is 18.6 Å². The highest BCUT2D eigenvalue weighted by Crippen LogP contribution is 2.47. The maximum atomic E-state index is 12.4. The first kappa shape index (κ1) is 22.9. The smallest absolute Gasteiger partial charge is 0.330 e. The number of hydrogen-bond donors (Lipinski definition) is 1. The number of rotatable bonds is 6. The fourth-order valence-electron chi connectivity index (χ4n) is 3.39. The fourth-order valence-corrected chi connectivity index (χ4v) is 5.90. The molecule has 0 saturated carbocycles. The molecule has 0 aromatic heterocycles. The molecule has 1 aromatic rings. The molecule has 30 heavy (non-hydrogen) atoms. The van der Waals surface area contributed by atoms with E-state index < -0.39 is 39.4 Å². The minimum atomic E-state index is -3.71. The number of carbonyl (C=O) groups is 3. The van der Waals surface area contributed by atoms with Crippen molar-refractivity contribution >= 4 is 56.9 Å². The second-order valence-corrected chi connectivity index (χ2v) is 11.4. The first-order valence-electron chi connectivity index (χ1n) is 9.10. The standard InChI is InChI=1S/C18H22ClN3O6S2/c1-18-7-6-16(24)22(18)14(10-29-18)17(25)28-9-15(23)20-13-8-11(4-5-12(13)19)30(26,27)21(2)3/h4-5,8,14H,6-7,9-10H2,1-3H3,(H,20,23)/t14-,18-/m1/s1. The zero-order chi connectivity index (χ0) is 22.3. The molecule has 0 bridgehead atoms. The second-order valence-electron chi connectivity index (χ2n) is 7.35. The number of nitrogens with zero attached hydrogens (tertiary/aromatic N) is 2. The van der Waals surface area contributed by atoms with E-state index in [0.717, 1.165) is 4.31 Å². The molecule has 2 fully saturated rings. The molecule has 2 atom stereocenters. The second kappa shape index (κ2) is 8.37. The number of amides is 2. The third kappa shape index (κ3) is 4.29. The number of hydrogen-bond acceptors (Lipinski definition) is 7. The summed E-state index contributed by atoms with van der Waals surface area (Å²) < 4.78 is 30.7. The number of halogens is 1. The van der Waals surface area contributed by atoms with Crippen molar-refractivity contribution in [1.29, 1.82) is 0 Å². The summed E-state index contributed by atoms with van der Waals surface area (Å²) >= 11 is 7.58. The maximum absolute atomic E-state index is 12.4. The zero-order valence-corrected chi connectivity index (χ0v) is 19.1. The number of nitrogens with one attached hydrogen (secondary N) is 1. The van der Waals surface area contributed by atoms with Crippen LogP contribution in [0.2, 0.25) is 5.02 Å². The van der Waals surface area contributed by atoms with Gasteiger partial charge >= 0.3 is 5.97 Å². The topological polar surface area (TPSA) is 113 Å². The third-order valence-electron chi connectivity index (χ3n) is 5.05. The maximum Gasteiger partial charge on any atom is 0.330 e. The largest absolute Gasteiger partial charge is 0.454 e. The Hall–Kier alpha value is -1.82. The van der Waals surface area contributed by atoms with E-state index in [1.807, 2.05) is 6.92 Å². The van der Waals surface area contributed by atoms with Crippen LogP contribution in [0.4, 0.5) is 5.69 Å². The number of fused-ring (bicyclic) bond motifs is 1. The molecule has 164 valence electrons. The van der Waals surface area contributed by atoms with Gasteiger partial charge in [-0.2, -0.15) is 0 Å². The minimum absolute atomic E-state index is 0.0426. The number of carbonyl (C=O) groups excluding carboxylic acids is 3. The van der Waals surface area contributed by atoms with Crippen LogP contribution in [0.5, 0.6) is 0 Å². The van der Waals surface area contributed by atoms with Gasteiger partial charge in [0.1, 0.15) is 6.04 Å². The Balaban J connectivity index is 1.63. The van der Waals surface area contributed by atoms with Gasteiger partial charge in [0.2, 0.25) is 15.9 Å². The van der Waals surface area contributed by atoms with E-state index in [1.165, 1.54) is 44.1 Å². The number of esters is 1. The summed E-state index contributed by atoms with van der Waals surface area (Å²) in [5, 5.41) is 2.59. The first-order chi connectivity index (χ1) is 14.0. The van der Waals surface area contributed by atoms with Crippen LogP contribution in [0, 0.1) is 0 Å². The summed E-state index contributed by atoms with van der Waals surface area (Å²) in [6.07, 6.45) is 1.06. The van der Waals surface area contributed by atoms with Gasteiger partial charge in [-0.15, -0.1) is 11.8 Å². The van der Waals surface area contributed by atoms with Crippen molar-refractivity contribution in [1.82, 2.24) is 9.21 Å². The van der Waals surface area contributed by atoms with Crippen molar-refractivity contribution in [2.45, 2.75) is 35.6 Å². The fraction of sp³-hybridized carbons (Fsp3) is 0.500. The molecule has 9 nitrogen and oxygen atoms in total. The van der Waals surface area contributed by atoms with Crippen LogP contribution in [0.1, 0.15) is 19.8 Å². The molecular formula is C18H22ClN3O6S2. The molecule has 0 radical (unpaired) electrons. The lowest BCUT2D eigenvalue weighted by Crippen LogP contribution is -2.47. The van der Waals surface area contributed by atoms with Crippen LogP contribution < -0.4 is 5.32 Å². The van der Waals surface area contributed by atoms with Gasteiger partial charge in [0.15, 0.2) is 6.61 Å². The van der Waals surface area contributed by atoms with Crippen molar-refractivity contribution in [3.63, 3.8) is 0 Å². The Labute approximate surface area is 184 Å². The van der Waals surface area contributed by atoms with Crippen LogP contribution in [0.15, 0.2) is 23.1 Å². The lowest BCUT2D eigenvalue weighted by molar-refractivity contribution is -0.155. The Morgan fingerprint density at radius 2 is 2.10 bits per heavy atom. The lowest BCUT2D eigenvalue weighted by atomic mass is 10.2. The van der Waals surface area contributed by atoms with E-state index in [1.54, 1.807) is 4.90 Å². The lowest BCUT2D eigenvalue weighted by Gasteiger charge is -2.29. The molecule has 12 heteroatoms. The van der Waals surface area contributed by atoms with Crippen molar-refractivity contribution in [3.05, 3.63) is 23.2 Å². The quantitative estimate of drug-likeness (QED) is 0.620. The summed E-state index contributed by atoms with van der Waals surface area (Å²) in [5.41, 5.74) is 0.0827. The molecule has 0 spiro atoms. The first-order valence-corrected chi connectivity index (χ1v) is 11.9. The van der Waals surface area contributed by atoms with Crippen LogP contribution in [0.3, 0.4) is 0 Å². The normalized spacial score (nSPS) is 23.6. The average Bonchev–Trinajstić information content (AvgIpc) is 3.17. The van der Waals surface area contributed by atoms with Crippen LogP contribution in [-0.4, -0.2) is 72.8 Å². The predicted octanol–water partition coefficient (Wildman–Crippen LogP) is 1.53. The number of sulfonamides is 1. The van der Waals surface area contributed by atoms with Crippen LogP contribution >= 0.6 is 23.4 Å². The highest BCUT2D eigenvalue weighted by atomic mass is 35.5. The Kier molecular flexibility index (Phi) is 6.38. The molecule has 2 heterocycles. The van der Waals surface area contributed by atoms with Gasteiger partial charge < -0.3 is 15.0 Å². The van der Waals surface area contributed by atoms with Crippen molar-refractivity contribution in [2.24, 2.45) is 0 Å². The molecule has 3 rings (SSSR count). The Bertz CT molecular complexity index is 1000. The summed E-state index contributed by atoms with van der Waals surface area (Å²) in [5.74, 6) is -1.00. The highest BCUT2D eigenvalue weighted by molar-refractivity contribution is 8.01. The zero-order valence-electron chi connectivity index (χ0n) is 16.7. The van der Waals surface area contributed by atoms with Gasteiger partial charge in [0.25, 0.3) is 5.91 Å². The number of anilines is 1. The Morgan fingerprint density at radius 1 is 1.40 bits per heavy atom. The summed E-state index contributed by atoms with van der Waals surface area (Å²) in [7, 11) is -0.934. The van der Waals surface area contributed by atoms with Crippen molar-refractivity contribution in [3.8, 4) is 0 Å². The monoisotopic (exact) mass is 475 g/mol. The average molecular weight is 476 g/mol. The van der Waals surface area contributed by atoms with Gasteiger partial charge in [0.05, 0.1) is 20.5 Å². The van der Waals surface area contributed by atoms with E-state index in [9.17, 15) is 22.8 Å². The van der Waals surface area contributed by atoms with Crippen molar-refractivity contribution < 1.29 is 27.5 Å². The highest BCUT2D eigenvalue weighted by Gasteiger charge is 2.53. The Morgan fingerprint density at radius 3 is 2.77 bits per heavy atom. The molecule has 1 aromatic carbocycles. The van der Waals surface area contributed by atoms with E-state index >= 15 is 0 Å². The van der Waals surface area contributed by atoms with Gasteiger partial charge in [-0.25, -0.2) is 17.5 Å². The van der Waals surface area contributed by atoms with Gasteiger partial charge in [0, 0.05) is 26.3 Å². The van der Waals surface area contributed by atoms with Gasteiger partial charge in [-0.05, 0) is 31.5 Å². The van der Waals surface area contributed by atoms with E-state index in [4.69, 9.17) is 16.3 Å². The molecule has 2 amide bonds. The predicted molar refractivity (Wildman–Crippen MR) is 113 cm³/mol. The molecule has 2 aliphatic rings. The van der Waals surface area contributed by atoms with E-state index in [-0.39, 0.29) is 21.5 Å². The molecule has 0 unspecified atom stereocenters. The number of benzene rings is 1. The molecular weight excluding hydrogens is 454 g/mol. The van der Waals surface area contributed by atoms with Gasteiger partial charge in [-0.1, -0.05) is 11.6 Å².